The fourth-order valence-electron chi connectivity index (χ4n) is 5.76. The van der Waals surface area contributed by atoms with Gasteiger partial charge in [0.05, 0.1) is 67.6 Å². The van der Waals surface area contributed by atoms with E-state index in [-0.39, 0.29) is 0 Å². The van der Waals surface area contributed by atoms with Crippen molar-refractivity contribution in [3.8, 4) is 22.6 Å². The van der Waals surface area contributed by atoms with Crippen LogP contribution in [0.5, 0.6) is 11.5 Å². The summed E-state index contributed by atoms with van der Waals surface area (Å²) in [6, 6.07) is 17.0. The standard InChI is InChI=1S/C38H66N2O2/c1-7-9-11-13-15-17-27-39(3,4)29-21-31-41-37-25-19-23-35(33-37)36-24-20-26-38(34-36)42-32-22-30-40(5,6)28-18-16-14-12-10-8-2/h19-20,23-26,33-34H,7-18,21-22,27-32H2,1-6H3/q+2. The van der Waals surface area contributed by atoms with E-state index in [1.807, 2.05) is 0 Å². The van der Waals surface area contributed by atoms with Gasteiger partial charge in [-0.2, -0.15) is 0 Å². The van der Waals surface area contributed by atoms with Gasteiger partial charge in [-0.25, -0.2) is 0 Å². The van der Waals surface area contributed by atoms with Crippen LogP contribution in [0.1, 0.15) is 104 Å². The van der Waals surface area contributed by atoms with Crippen LogP contribution < -0.4 is 9.47 Å². The zero-order valence-electron chi connectivity index (χ0n) is 28.5. The van der Waals surface area contributed by atoms with Gasteiger partial charge >= 0.3 is 0 Å². The highest BCUT2D eigenvalue weighted by Crippen LogP contribution is 2.27. The van der Waals surface area contributed by atoms with Gasteiger partial charge < -0.3 is 18.4 Å². The summed E-state index contributed by atoms with van der Waals surface area (Å²) in [5, 5.41) is 0. The number of hydrogen-bond donors (Lipinski definition) is 0. The molecule has 0 amide bonds. The molecule has 0 radical (unpaired) electrons. The average molecular weight is 583 g/mol. The van der Waals surface area contributed by atoms with Crippen molar-refractivity contribution >= 4 is 0 Å². The summed E-state index contributed by atoms with van der Waals surface area (Å²) in [6.45, 7) is 10.9. The Morgan fingerprint density at radius 3 is 1.21 bits per heavy atom. The molecule has 238 valence electrons. The third kappa shape index (κ3) is 16.6. The van der Waals surface area contributed by atoms with Crippen molar-refractivity contribution in [2.45, 2.75) is 104 Å². The van der Waals surface area contributed by atoms with Gasteiger partial charge in [-0.1, -0.05) is 89.5 Å². The van der Waals surface area contributed by atoms with E-state index in [2.05, 4.69) is 90.6 Å². The van der Waals surface area contributed by atoms with Crippen molar-refractivity contribution in [1.82, 2.24) is 0 Å². The SMILES string of the molecule is CCCCCCCC[N+](C)(C)CCCOc1cccc(-c2cccc(OCCC[N+](C)(C)CCCCCCCC)c2)c1. The molecule has 2 aromatic rings. The van der Waals surface area contributed by atoms with Crippen molar-refractivity contribution in [1.29, 1.82) is 0 Å². The van der Waals surface area contributed by atoms with Gasteiger partial charge in [0, 0.05) is 12.8 Å². The lowest BCUT2D eigenvalue weighted by molar-refractivity contribution is -0.890. The van der Waals surface area contributed by atoms with Crippen LogP contribution in [0, 0.1) is 0 Å². The van der Waals surface area contributed by atoms with Crippen LogP contribution in [0.25, 0.3) is 11.1 Å². The number of nitrogens with zero attached hydrogens (tertiary/aromatic N) is 2. The van der Waals surface area contributed by atoms with Crippen LogP contribution in [0.3, 0.4) is 0 Å². The fourth-order valence-corrected chi connectivity index (χ4v) is 5.76. The molecule has 2 aromatic carbocycles. The Labute approximate surface area is 260 Å². The molecule has 0 heterocycles. The smallest absolute Gasteiger partial charge is 0.119 e. The Morgan fingerprint density at radius 1 is 0.452 bits per heavy atom. The van der Waals surface area contributed by atoms with Gasteiger partial charge in [0.1, 0.15) is 11.5 Å². The lowest BCUT2D eigenvalue weighted by atomic mass is 10.1. The summed E-state index contributed by atoms with van der Waals surface area (Å²) in [6.07, 6.45) is 18.5. The molecule has 0 bridgehead atoms. The van der Waals surface area contributed by atoms with Crippen LogP contribution in [0.2, 0.25) is 0 Å². The van der Waals surface area contributed by atoms with Crippen LogP contribution in [-0.2, 0) is 0 Å². The molecule has 0 aromatic heterocycles. The molecule has 0 N–H and O–H groups in total. The van der Waals surface area contributed by atoms with Crippen molar-refractivity contribution < 1.29 is 18.4 Å². The fraction of sp³-hybridized carbons (Fsp3) is 0.684. The molecule has 0 saturated carbocycles. The maximum Gasteiger partial charge on any atom is 0.119 e. The summed E-state index contributed by atoms with van der Waals surface area (Å²) in [5.74, 6) is 1.90. The number of unbranched alkanes of at least 4 members (excludes halogenated alkanes) is 10. The molecule has 0 aliphatic rings. The Hall–Kier alpha value is -2.04. The Kier molecular flexibility index (Phi) is 17.9. The summed E-state index contributed by atoms with van der Waals surface area (Å²) in [7, 11) is 9.44. The average Bonchev–Trinajstić information content (AvgIpc) is 2.97. The predicted octanol–water partition coefficient (Wildman–Crippen LogP) is 9.77. The second kappa shape index (κ2) is 20.8. The summed E-state index contributed by atoms with van der Waals surface area (Å²) >= 11 is 0. The highest BCUT2D eigenvalue weighted by molar-refractivity contribution is 5.66. The van der Waals surface area contributed by atoms with Gasteiger partial charge in [-0.15, -0.1) is 0 Å². The normalized spacial score (nSPS) is 12.0. The number of rotatable bonds is 25. The van der Waals surface area contributed by atoms with Crippen molar-refractivity contribution in [2.75, 3.05) is 67.6 Å². The van der Waals surface area contributed by atoms with Crippen LogP contribution in [0.15, 0.2) is 48.5 Å². The first-order chi connectivity index (χ1) is 20.2. The second-order valence-electron chi connectivity index (χ2n) is 13.8. The molecule has 4 nitrogen and oxygen atoms in total. The van der Waals surface area contributed by atoms with E-state index < -0.39 is 0 Å². The van der Waals surface area contributed by atoms with Gasteiger partial charge in [-0.05, 0) is 61.1 Å². The van der Waals surface area contributed by atoms with Crippen molar-refractivity contribution in [3.63, 3.8) is 0 Å². The van der Waals surface area contributed by atoms with Gasteiger partial charge in [0.15, 0.2) is 0 Å². The molecular formula is C38H66N2O2+2. The van der Waals surface area contributed by atoms with E-state index in [1.54, 1.807) is 0 Å². The van der Waals surface area contributed by atoms with Gasteiger partial charge in [0.2, 0.25) is 0 Å². The topological polar surface area (TPSA) is 18.5 Å². The Morgan fingerprint density at radius 2 is 0.810 bits per heavy atom. The molecule has 4 heteroatoms. The minimum atomic E-state index is 0.762. The van der Waals surface area contributed by atoms with Gasteiger partial charge in [-0.3, -0.25) is 0 Å². The first kappa shape index (κ1) is 36.2. The Bertz CT molecular complexity index is 878. The van der Waals surface area contributed by atoms with Crippen molar-refractivity contribution in [3.05, 3.63) is 48.5 Å². The lowest BCUT2D eigenvalue weighted by Crippen LogP contribution is -2.41. The molecule has 0 aliphatic carbocycles. The molecule has 0 saturated heterocycles. The van der Waals surface area contributed by atoms with Crippen LogP contribution in [-0.4, -0.2) is 76.5 Å². The molecule has 0 fully saturated rings. The highest BCUT2D eigenvalue weighted by Gasteiger charge is 2.15. The zero-order valence-corrected chi connectivity index (χ0v) is 28.5. The zero-order chi connectivity index (χ0) is 30.5. The third-order valence-corrected chi connectivity index (χ3v) is 8.59. The molecule has 0 aliphatic heterocycles. The van der Waals surface area contributed by atoms with E-state index in [0.29, 0.717) is 0 Å². The number of benzene rings is 2. The van der Waals surface area contributed by atoms with E-state index in [4.69, 9.17) is 9.47 Å². The minimum Gasteiger partial charge on any atom is -0.493 e. The largest absolute Gasteiger partial charge is 0.493 e. The van der Waals surface area contributed by atoms with E-state index in [0.717, 1.165) is 59.6 Å². The summed E-state index contributed by atoms with van der Waals surface area (Å²) in [4.78, 5) is 0. The Balaban J connectivity index is 1.71. The first-order valence-corrected chi connectivity index (χ1v) is 17.3. The lowest BCUT2D eigenvalue weighted by Gasteiger charge is -2.30. The van der Waals surface area contributed by atoms with Crippen LogP contribution >= 0.6 is 0 Å². The highest BCUT2D eigenvalue weighted by atomic mass is 16.5. The first-order valence-electron chi connectivity index (χ1n) is 17.3. The number of ether oxygens (including phenoxy) is 2. The molecule has 2 rings (SSSR count). The van der Waals surface area contributed by atoms with Gasteiger partial charge in [0.25, 0.3) is 0 Å². The number of hydrogen-bond acceptors (Lipinski definition) is 2. The molecular weight excluding hydrogens is 516 g/mol. The second-order valence-corrected chi connectivity index (χ2v) is 13.8. The predicted molar refractivity (Wildman–Crippen MR) is 183 cm³/mol. The summed E-state index contributed by atoms with van der Waals surface area (Å²) < 4.78 is 14.5. The van der Waals surface area contributed by atoms with E-state index in [1.165, 1.54) is 101 Å². The quantitative estimate of drug-likeness (QED) is 0.0857. The molecule has 0 unspecified atom stereocenters. The van der Waals surface area contributed by atoms with E-state index in [9.17, 15) is 0 Å². The molecule has 42 heavy (non-hydrogen) atoms. The number of quaternary nitrogens is 2. The van der Waals surface area contributed by atoms with Crippen molar-refractivity contribution in [2.24, 2.45) is 0 Å². The summed E-state index contributed by atoms with van der Waals surface area (Å²) in [5.41, 5.74) is 2.35. The minimum absolute atomic E-state index is 0.762. The van der Waals surface area contributed by atoms with Crippen LogP contribution in [0.4, 0.5) is 0 Å². The monoisotopic (exact) mass is 583 g/mol. The molecule has 0 atom stereocenters. The maximum absolute atomic E-state index is 6.18. The maximum atomic E-state index is 6.18. The third-order valence-electron chi connectivity index (χ3n) is 8.59. The molecule has 0 spiro atoms. The van der Waals surface area contributed by atoms with E-state index >= 15 is 0 Å².